The summed E-state index contributed by atoms with van der Waals surface area (Å²) in [4.78, 5) is 12.3. The second-order valence-corrected chi connectivity index (χ2v) is 6.12. The molecule has 2 aliphatic rings. The molecular formula is C16H19N3O3. The van der Waals surface area contributed by atoms with Crippen LogP contribution in [0.15, 0.2) is 21.3 Å². The second-order valence-electron chi connectivity index (χ2n) is 6.12. The van der Waals surface area contributed by atoms with Crippen molar-refractivity contribution in [3.05, 3.63) is 35.1 Å². The summed E-state index contributed by atoms with van der Waals surface area (Å²) in [5.74, 6) is 2.20. The topological polar surface area (TPSA) is 80.3 Å². The minimum atomic E-state index is -0.216. The lowest BCUT2D eigenvalue weighted by atomic mass is 9.93. The molecule has 2 aromatic rings. The Hall–Kier alpha value is -2.24. The number of hydrogen-bond donors (Lipinski definition) is 2. The summed E-state index contributed by atoms with van der Waals surface area (Å²) in [5.41, 5.74) is 2.54. The zero-order valence-electron chi connectivity index (χ0n) is 12.5. The van der Waals surface area contributed by atoms with Gasteiger partial charge in [0.05, 0.1) is 12.3 Å². The average molecular weight is 301 g/mol. The van der Waals surface area contributed by atoms with Crippen molar-refractivity contribution < 1.29 is 13.7 Å². The molecular weight excluding hydrogens is 282 g/mol. The molecule has 1 fully saturated rings. The van der Waals surface area contributed by atoms with Crippen LogP contribution < -0.4 is 10.6 Å². The van der Waals surface area contributed by atoms with Gasteiger partial charge in [-0.2, -0.15) is 0 Å². The molecule has 0 aromatic carbocycles. The van der Waals surface area contributed by atoms with E-state index < -0.39 is 0 Å². The molecule has 2 heterocycles. The maximum Gasteiger partial charge on any atom is 0.319 e. The number of carbonyl (C=O) groups is 1. The van der Waals surface area contributed by atoms with Crippen molar-refractivity contribution in [1.82, 2.24) is 10.5 Å². The summed E-state index contributed by atoms with van der Waals surface area (Å²) in [6, 6.07) is 1.74. The smallest absolute Gasteiger partial charge is 0.319 e. The third kappa shape index (κ3) is 2.38. The van der Waals surface area contributed by atoms with E-state index >= 15 is 0 Å². The average Bonchev–Trinajstić information content (AvgIpc) is 3.11. The lowest BCUT2D eigenvalue weighted by molar-refractivity contribution is 0.246. The van der Waals surface area contributed by atoms with Crippen molar-refractivity contribution in [1.29, 1.82) is 0 Å². The summed E-state index contributed by atoms with van der Waals surface area (Å²) >= 11 is 0. The number of hydrogen-bond acceptors (Lipinski definition) is 4. The van der Waals surface area contributed by atoms with E-state index in [2.05, 4.69) is 15.8 Å². The lowest BCUT2D eigenvalue weighted by Gasteiger charge is -2.22. The Morgan fingerprint density at radius 1 is 1.36 bits per heavy atom. The van der Waals surface area contributed by atoms with Gasteiger partial charge in [-0.1, -0.05) is 5.16 Å². The highest BCUT2D eigenvalue weighted by Gasteiger charge is 2.32. The summed E-state index contributed by atoms with van der Waals surface area (Å²) in [7, 11) is 0. The van der Waals surface area contributed by atoms with Gasteiger partial charge in [0.1, 0.15) is 17.1 Å². The minimum Gasteiger partial charge on any atom is -0.469 e. The Morgan fingerprint density at radius 3 is 3.05 bits per heavy atom. The van der Waals surface area contributed by atoms with Crippen LogP contribution in [0, 0.1) is 6.92 Å². The number of amides is 2. The third-order valence-corrected chi connectivity index (χ3v) is 4.43. The van der Waals surface area contributed by atoms with Crippen LogP contribution in [0.1, 0.15) is 60.4 Å². The molecule has 2 aromatic heterocycles. The van der Waals surface area contributed by atoms with E-state index in [-0.39, 0.29) is 12.1 Å². The first-order valence-electron chi connectivity index (χ1n) is 7.82. The lowest BCUT2D eigenvalue weighted by Crippen LogP contribution is -2.34. The van der Waals surface area contributed by atoms with Gasteiger partial charge in [0.25, 0.3) is 0 Å². The van der Waals surface area contributed by atoms with Gasteiger partial charge in [-0.3, -0.25) is 0 Å². The molecule has 6 nitrogen and oxygen atoms in total. The van der Waals surface area contributed by atoms with Gasteiger partial charge in [-0.15, -0.1) is 0 Å². The zero-order chi connectivity index (χ0) is 15.1. The van der Waals surface area contributed by atoms with E-state index in [1.54, 1.807) is 6.26 Å². The van der Waals surface area contributed by atoms with E-state index in [9.17, 15) is 4.79 Å². The molecule has 0 saturated heterocycles. The molecule has 6 heteroatoms. The number of nitrogens with zero attached hydrogens (tertiary/aromatic N) is 1. The van der Waals surface area contributed by atoms with Crippen LogP contribution in [0.2, 0.25) is 0 Å². The normalized spacial score (nSPS) is 20.5. The first-order valence-corrected chi connectivity index (χ1v) is 7.82. The van der Waals surface area contributed by atoms with Gasteiger partial charge in [0.2, 0.25) is 0 Å². The molecule has 0 bridgehead atoms. The number of aromatic nitrogens is 1. The van der Waals surface area contributed by atoms with Gasteiger partial charge in [-0.25, -0.2) is 4.79 Å². The Balaban J connectivity index is 1.47. The third-order valence-electron chi connectivity index (χ3n) is 4.43. The quantitative estimate of drug-likeness (QED) is 0.906. The van der Waals surface area contributed by atoms with Gasteiger partial charge < -0.3 is 19.6 Å². The number of fused-ring (bicyclic) bond motifs is 1. The fourth-order valence-electron chi connectivity index (χ4n) is 3.11. The second kappa shape index (κ2) is 5.19. The maximum atomic E-state index is 12.3. The van der Waals surface area contributed by atoms with Crippen molar-refractivity contribution in [2.45, 2.75) is 51.0 Å². The molecule has 1 saturated carbocycles. The molecule has 22 heavy (non-hydrogen) atoms. The highest BCUT2D eigenvalue weighted by atomic mass is 16.5. The molecule has 0 radical (unpaired) electrons. The summed E-state index contributed by atoms with van der Waals surface area (Å²) in [6.07, 6.45) is 6.79. The molecule has 2 N–H and O–H groups in total. The molecule has 2 amide bonds. The molecule has 1 atom stereocenters. The van der Waals surface area contributed by atoms with Crippen LogP contribution >= 0.6 is 0 Å². The van der Waals surface area contributed by atoms with Crippen molar-refractivity contribution in [3.63, 3.8) is 0 Å². The molecule has 1 unspecified atom stereocenters. The van der Waals surface area contributed by atoms with E-state index in [1.165, 1.54) is 0 Å². The highest BCUT2D eigenvalue weighted by molar-refractivity contribution is 5.90. The van der Waals surface area contributed by atoms with Crippen LogP contribution in [0.4, 0.5) is 10.5 Å². The predicted molar refractivity (Wildman–Crippen MR) is 79.8 cm³/mol. The maximum absolute atomic E-state index is 12.3. The molecule has 4 rings (SSSR count). The Bertz CT molecular complexity index is 699. The van der Waals surface area contributed by atoms with E-state index in [1.807, 2.05) is 13.0 Å². The first-order chi connectivity index (χ1) is 10.7. The number of nitrogens with one attached hydrogen (secondary N) is 2. The Morgan fingerprint density at radius 2 is 2.23 bits per heavy atom. The van der Waals surface area contributed by atoms with Gasteiger partial charge in [0, 0.05) is 17.9 Å². The van der Waals surface area contributed by atoms with Crippen LogP contribution in [-0.2, 0) is 6.42 Å². The standard InChI is InChI=1S/C16H19N3O3/c1-9-14(15(22-19-9)10-5-6-10)18-16(20)17-12-3-2-4-13-11(12)7-8-21-13/h7-8,10,12H,2-6H2,1H3,(H2,17,18,20). The SMILES string of the molecule is Cc1noc(C2CC2)c1NC(=O)NC1CCCc2occc21. The van der Waals surface area contributed by atoms with Crippen LogP contribution in [0.25, 0.3) is 0 Å². The number of aryl methyl sites for hydroxylation is 2. The number of anilines is 1. The summed E-state index contributed by atoms with van der Waals surface area (Å²) in [6.45, 7) is 1.85. The van der Waals surface area contributed by atoms with Crippen molar-refractivity contribution in [2.75, 3.05) is 5.32 Å². The predicted octanol–water partition coefficient (Wildman–Crippen LogP) is 3.65. The molecule has 0 spiro atoms. The number of furan rings is 1. The fraction of sp³-hybridized carbons (Fsp3) is 0.500. The van der Waals surface area contributed by atoms with Gasteiger partial charge >= 0.3 is 6.03 Å². The number of carbonyl (C=O) groups excluding carboxylic acids is 1. The number of urea groups is 1. The summed E-state index contributed by atoms with van der Waals surface area (Å²) in [5, 5.41) is 9.92. The van der Waals surface area contributed by atoms with Gasteiger partial charge in [-0.05, 0) is 38.7 Å². The van der Waals surface area contributed by atoms with Gasteiger partial charge in [0.15, 0.2) is 5.76 Å². The highest BCUT2D eigenvalue weighted by Crippen LogP contribution is 2.44. The largest absolute Gasteiger partial charge is 0.469 e. The van der Waals surface area contributed by atoms with Crippen molar-refractivity contribution in [2.24, 2.45) is 0 Å². The van der Waals surface area contributed by atoms with E-state index in [0.717, 1.165) is 60.6 Å². The zero-order valence-corrected chi connectivity index (χ0v) is 12.5. The monoisotopic (exact) mass is 301 g/mol. The van der Waals surface area contributed by atoms with E-state index in [0.29, 0.717) is 5.92 Å². The van der Waals surface area contributed by atoms with Crippen molar-refractivity contribution in [3.8, 4) is 0 Å². The Labute approximate surface area is 128 Å². The molecule has 2 aliphatic carbocycles. The van der Waals surface area contributed by atoms with Crippen molar-refractivity contribution >= 4 is 11.7 Å². The first kappa shape index (κ1) is 13.4. The Kier molecular flexibility index (Phi) is 3.17. The fourth-order valence-corrected chi connectivity index (χ4v) is 3.11. The summed E-state index contributed by atoms with van der Waals surface area (Å²) < 4.78 is 10.8. The van der Waals surface area contributed by atoms with E-state index in [4.69, 9.17) is 8.94 Å². The molecule has 116 valence electrons. The number of rotatable bonds is 3. The minimum absolute atomic E-state index is 0.00652. The van der Waals surface area contributed by atoms with Crippen LogP contribution in [-0.4, -0.2) is 11.2 Å². The van der Waals surface area contributed by atoms with Crippen LogP contribution in [0.5, 0.6) is 0 Å². The molecule has 0 aliphatic heterocycles. The van der Waals surface area contributed by atoms with Crippen LogP contribution in [0.3, 0.4) is 0 Å².